The first-order valence-electron chi connectivity index (χ1n) is 11.3. The molecule has 9 heteroatoms. The summed E-state index contributed by atoms with van der Waals surface area (Å²) >= 11 is 0. The van der Waals surface area contributed by atoms with Crippen molar-refractivity contribution in [1.29, 1.82) is 0 Å². The maximum absolute atomic E-state index is 13.3. The van der Waals surface area contributed by atoms with Crippen LogP contribution in [-0.4, -0.2) is 55.9 Å². The molecule has 35 heavy (non-hydrogen) atoms. The Kier molecular flexibility index (Phi) is 6.56. The van der Waals surface area contributed by atoms with Crippen molar-refractivity contribution >= 4 is 5.91 Å². The van der Waals surface area contributed by atoms with Crippen molar-refractivity contribution in [3.05, 3.63) is 85.1 Å². The largest absolute Gasteiger partial charge is 0.497 e. The number of carbonyl (C=O) groups is 1. The highest BCUT2D eigenvalue weighted by Gasteiger charge is 2.27. The Labute approximate surface area is 202 Å². The molecule has 0 spiro atoms. The Morgan fingerprint density at radius 1 is 0.943 bits per heavy atom. The van der Waals surface area contributed by atoms with Crippen molar-refractivity contribution in [3.8, 4) is 28.5 Å². The summed E-state index contributed by atoms with van der Waals surface area (Å²) in [5, 5.41) is 0. The van der Waals surface area contributed by atoms with E-state index in [1.54, 1.807) is 50.4 Å². The van der Waals surface area contributed by atoms with Crippen molar-refractivity contribution in [2.75, 3.05) is 20.2 Å². The monoisotopic (exact) mass is 468 g/mol. The molecular formula is C26H24N6O3. The molecule has 176 valence electrons. The number of rotatable bonds is 6. The number of carbonyl (C=O) groups excluding carboxylic acids is 1. The lowest BCUT2D eigenvalue weighted by Gasteiger charge is -2.32. The zero-order valence-electron chi connectivity index (χ0n) is 19.2. The van der Waals surface area contributed by atoms with Crippen molar-refractivity contribution in [2.24, 2.45) is 0 Å². The summed E-state index contributed by atoms with van der Waals surface area (Å²) in [6, 6.07) is 9.16. The summed E-state index contributed by atoms with van der Waals surface area (Å²) in [6.45, 7) is 1.23. The van der Waals surface area contributed by atoms with E-state index in [2.05, 4.69) is 24.9 Å². The minimum Gasteiger partial charge on any atom is -0.497 e. The van der Waals surface area contributed by atoms with Crippen LogP contribution in [0.2, 0.25) is 0 Å². The quantitative estimate of drug-likeness (QED) is 0.416. The van der Waals surface area contributed by atoms with E-state index in [0.717, 1.165) is 29.7 Å². The standard InChI is InChI=1S/C26H24N6O3/c1-34-22-5-2-6-23(9-22)35-25-15-28-14-24(31-25)18-4-3-7-32(16-18)26(33)20-8-19(10-27-11-20)21-12-29-17-30-13-21/h2,5-6,8-15,17-18H,3-4,7,16H2,1H3/t18-/m1/s1. The van der Waals surface area contributed by atoms with Gasteiger partial charge in [-0.3, -0.25) is 14.8 Å². The summed E-state index contributed by atoms with van der Waals surface area (Å²) in [4.78, 5) is 36.5. The third-order valence-electron chi connectivity index (χ3n) is 5.90. The van der Waals surface area contributed by atoms with Gasteiger partial charge in [-0.2, -0.15) is 0 Å². The number of hydrogen-bond donors (Lipinski definition) is 0. The van der Waals surface area contributed by atoms with E-state index in [4.69, 9.17) is 9.47 Å². The van der Waals surface area contributed by atoms with Gasteiger partial charge in [-0.05, 0) is 31.0 Å². The number of benzene rings is 1. The number of likely N-dealkylation sites (tertiary alicyclic amines) is 1. The molecule has 0 saturated carbocycles. The van der Waals surface area contributed by atoms with Gasteiger partial charge in [0.25, 0.3) is 5.91 Å². The van der Waals surface area contributed by atoms with E-state index in [0.29, 0.717) is 36.0 Å². The van der Waals surface area contributed by atoms with Crippen LogP contribution in [0.1, 0.15) is 34.8 Å². The van der Waals surface area contributed by atoms with E-state index in [1.807, 2.05) is 29.2 Å². The first kappa shape index (κ1) is 22.4. The lowest BCUT2D eigenvalue weighted by Crippen LogP contribution is -2.39. The maximum atomic E-state index is 13.3. The van der Waals surface area contributed by atoms with E-state index in [9.17, 15) is 4.79 Å². The lowest BCUT2D eigenvalue weighted by molar-refractivity contribution is 0.0705. The maximum Gasteiger partial charge on any atom is 0.255 e. The Balaban J connectivity index is 1.30. The van der Waals surface area contributed by atoms with Crippen LogP contribution >= 0.6 is 0 Å². The fourth-order valence-corrected chi connectivity index (χ4v) is 4.14. The number of ether oxygens (including phenoxy) is 2. The van der Waals surface area contributed by atoms with Gasteiger partial charge in [-0.25, -0.2) is 15.0 Å². The highest BCUT2D eigenvalue weighted by Crippen LogP contribution is 2.29. The zero-order chi connectivity index (χ0) is 24.0. The van der Waals surface area contributed by atoms with Crippen molar-refractivity contribution in [2.45, 2.75) is 18.8 Å². The fourth-order valence-electron chi connectivity index (χ4n) is 4.14. The predicted molar refractivity (Wildman–Crippen MR) is 128 cm³/mol. The molecule has 0 N–H and O–H groups in total. The number of pyridine rings is 1. The van der Waals surface area contributed by atoms with E-state index in [1.165, 1.54) is 6.33 Å². The highest BCUT2D eigenvalue weighted by atomic mass is 16.5. The predicted octanol–water partition coefficient (Wildman–Crippen LogP) is 4.15. The summed E-state index contributed by atoms with van der Waals surface area (Å²) < 4.78 is 11.1. The van der Waals surface area contributed by atoms with E-state index in [-0.39, 0.29) is 11.8 Å². The Morgan fingerprint density at radius 3 is 2.60 bits per heavy atom. The second-order valence-corrected chi connectivity index (χ2v) is 8.24. The Morgan fingerprint density at radius 2 is 1.74 bits per heavy atom. The van der Waals surface area contributed by atoms with Gasteiger partial charge in [0.15, 0.2) is 0 Å². The number of amides is 1. The number of aromatic nitrogens is 5. The molecule has 4 aromatic rings. The van der Waals surface area contributed by atoms with Crippen LogP contribution in [0.25, 0.3) is 11.1 Å². The minimum atomic E-state index is -0.0577. The number of piperidine rings is 1. The molecule has 3 aromatic heterocycles. The van der Waals surface area contributed by atoms with Crippen LogP contribution < -0.4 is 9.47 Å². The van der Waals surface area contributed by atoms with Crippen LogP contribution in [-0.2, 0) is 0 Å². The average Bonchev–Trinajstić information content (AvgIpc) is 2.93. The molecule has 1 aliphatic heterocycles. The molecule has 0 aliphatic carbocycles. The molecule has 1 fully saturated rings. The molecule has 1 saturated heterocycles. The Bertz CT molecular complexity index is 1320. The average molecular weight is 469 g/mol. The SMILES string of the molecule is COc1cccc(Oc2cncc([C@@H]3CCCN(C(=O)c4cncc(-c5cncnc5)c4)C3)n2)c1. The summed E-state index contributed by atoms with van der Waals surface area (Å²) in [6.07, 6.45) is 13.3. The minimum absolute atomic E-state index is 0.0577. The Hall–Kier alpha value is -4.40. The molecular weight excluding hydrogens is 444 g/mol. The lowest BCUT2D eigenvalue weighted by atomic mass is 9.94. The van der Waals surface area contributed by atoms with Crippen LogP contribution in [0, 0.1) is 0 Å². The van der Waals surface area contributed by atoms with Gasteiger partial charge >= 0.3 is 0 Å². The third kappa shape index (κ3) is 5.24. The fraction of sp³-hybridized carbons (Fsp3) is 0.231. The number of methoxy groups -OCH3 is 1. The highest BCUT2D eigenvalue weighted by molar-refractivity contribution is 5.95. The zero-order valence-corrected chi connectivity index (χ0v) is 19.2. The molecule has 9 nitrogen and oxygen atoms in total. The van der Waals surface area contributed by atoms with E-state index >= 15 is 0 Å². The summed E-state index contributed by atoms with van der Waals surface area (Å²) in [5.74, 6) is 1.73. The van der Waals surface area contributed by atoms with Gasteiger partial charge in [0.1, 0.15) is 17.8 Å². The molecule has 4 heterocycles. The van der Waals surface area contributed by atoms with Crippen LogP contribution in [0.15, 0.2) is 73.8 Å². The van der Waals surface area contributed by atoms with Crippen molar-refractivity contribution < 1.29 is 14.3 Å². The topological polar surface area (TPSA) is 103 Å². The van der Waals surface area contributed by atoms with Crippen molar-refractivity contribution in [1.82, 2.24) is 29.8 Å². The molecule has 0 bridgehead atoms. The summed E-state index contributed by atoms with van der Waals surface area (Å²) in [7, 11) is 1.61. The van der Waals surface area contributed by atoms with Gasteiger partial charge < -0.3 is 14.4 Å². The third-order valence-corrected chi connectivity index (χ3v) is 5.90. The smallest absolute Gasteiger partial charge is 0.255 e. The van der Waals surface area contributed by atoms with Crippen LogP contribution in [0.4, 0.5) is 0 Å². The van der Waals surface area contributed by atoms with Gasteiger partial charge in [-0.1, -0.05) is 6.07 Å². The normalized spacial score (nSPS) is 15.5. The van der Waals surface area contributed by atoms with Crippen LogP contribution in [0.5, 0.6) is 17.4 Å². The molecule has 1 amide bonds. The number of hydrogen-bond acceptors (Lipinski definition) is 8. The number of nitrogens with zero attached hydrogens (tertiary/aromatic N) is 6. The van der Waals surface area contributed by atoms with Gasteiger partial charge in [-0.15, -0.1) is 0 Å². The molecule has 0 unspecified atom stereocenters. The second kappa shape index (κ2) is 10.3. The van der Waals surface area contributed by atoms with Gasteiger partial charge in [0.2, 0.25) is 5.88 Å². The summed E-state index contributed by atoms with van der Waals surface area (Å²) in [5.41, 5.74) is 2.96. The molecule has 0 radical (unpaired) electrons. The second-order valence-electron chi connectivity index (χ2n) is 8.24. The van der Waals surface area contributed by atoms with Crippen molar-refractivity contribution in [3.63, 3.8) is 0 Å². The molecule has 5 rings (SSSR count). The van der Waals surface area contributed by atoms with Gasteiger partial charge in [0.05, 0.1) is 24.6 Å². The first-order valence-corrected chi connectivity index (χ1v) is 11.3. The first-order chi connectivity index (χ1) is 17.2. The molecule has 1 atom stereocenters. The van der Waals surface area contributed by atoms with E-state index < -0.39 is 0 Å². The van der Waals surface area contributed by atoms with Gasteiger partial charge in [0, 0.05) is 67.2 Å². The van der Waals surface area contributed by atoms with Crippen LogP contribution in [0.3, 0.4) is 0 Å². The molecule has 1 aliphatic rings. The molecule has 1 aromatic carbocycles.